The minimum Gasteiger partial charge on any atom is -0.481 e. The van der Waals surface area contributed by atoms with E-state index in [1.807, 2.05) is 12.3 Å². The predicted molar refractivity (Wildman–Crippen MR) is 96.1 cm³/mol. The molecule has 24 heavy (non-hydrogen) atoms. The van der Waals surface area contributed by atoms with E-state index in [0.717, 1.165) is 24.3 Å². The van der Waals surface area contributed by atoms with E-state index in [-0.39, 0.29) is 0 Å². The molecule has 3 atom stereocenters. The van der Waals surface area contributed by atoms with Crippen LogP contribution in [0, 0.1) is 17.8 Å². The number of rotatable bonds is 5. The van der Waals surface area contributed by atoms with Crippen molar-refractivity contribution in [3.05, 3.63) is 23.9 Å². The molecular weight excluding hydrogens is 298 g/mol. The smallest absolute Gasteiger partial charge is 0.212 e. The average Bonchev–Trinajstić information content (AvgIpc) is 3.25. The number of pyridine rings is 1. The summed E-state index contributed by atoms with van der Waals surface area (Å²) in [5.41, 5.74) is 1.31. The van der Waals surface area contributed by atoms with Gasteiger partial charge in [0.2, 0.25) is 5.88 Å². The second-order valence-electron chi connectivity index (χ2n) is 8.03. The van der Waals surface area contributed by atoms with Gasteiger partial charge in [0.1, 0.15) is 0 Å². The standard InChI is InChI=1S/C20H31N3O/c1-24-20-8-7-16(11-21-20)12-23-14-18-6-4-5-17(19(18)15-23)13-22-9-2-3-10-22/h7-8,11,17-19H,2-6,9-10,12-15H2,1H3/t17-,18+,19+/m1/s1. The molecule has 3 heterocycles. The molecular formula is C20H31N3O. The highest BCUT2D eigenvalue weighted by atomic mass is 16.5. The molecule has 1 saturated carbocycles. The molecule has 1 aromatic heterocycles. The van der Waals surface area contributed by atoms with Crippen molar-refractivity contribution in [2.24, 2.45) is 17.8 Å². The van der Waals surface area contributed by atoms with Gasteiger partial charge in [-0.2, -0.15) is 0 Å². The van der Waals surface area contributed by atoms with Crippen LogP contribution >= 0.6 is 0 Å². The Morgan fingerprint density at radius 2 is 1.96 bits per heavy atom. The molecule has 0 amide bonds. The summed E-state index contributed by atoms with van der Waals surface area (Å²) in [6.45, 7) is 7.66. The Balaban J connectivity index is 1.35. The fraction of sp³-hybridized carbons (Fsp3) is 0.750. The molecule has 0 radical (unpaired) electrons. The van der Waals surface area contributed by atoms with Gasteiger partial charge in [0.15, 0.2) is 0 Å². The number of fused-ring (bicyclic) bond motifs is 1. The Kier molecular flexibility index (Phi) is 5.04. The average molecular weight is 329 g/mol. The van der Waals surface area contributed by atoms with E-state index >= 15 is 0 Å². The first-order valence-corrected chi connectivity index (χ1v) is 9.75. The van der Waals surface area contributed by atoms with Gasteiger partial charge in [-0.05, 0) is 62.1 Å². The van der Waals surface area contributed by atoms with Crippen molar-refractivity contribution in [3.8, 4) is 5.88 Å². The van der Waals surface area contributed by atoms with Gasteiger partial charge in [0, 0.05) is 38.4 Å². The monoisotopic (exact) mass is 329 g/mol. The minimum atomic E-state index is 0.708. The molecule has 4 heteroatoms. The second-order valence-corrected chi connectivity index (χ2v) is 8.03. The molecule has 3 aliphatic rings. The maximum Gasteiger partial charge on any atom is 0.212 e. The highest BCUT2D eigenvalue weighted by molar-refractivity contribution is 5.17. The quantitative estimate of drug-likeness (QED) is 0.830. The number of ether oxygens (including phenoxy) is 1. The van der Waals surface area contributed by atoms with E-state index in [1.165, 1.54) is 70.4 Å². The Hall–Kier alpha value is -1.13. The summed E-state index contributed by atoms with van der Waals surface area (Å²) in [6, 6.07) is 4.14. The lowest BCUT2D eigenvalue weighted by Crippen LogP contribution is -2.36. The summed E-state index contributed by atoms with van der Waals surface area (Å²) in [5.74, 6) is 3.49. The van der Waals surface area contributed by atoms with Crippen LogP contribution in [0.15, 0.2) is 18.3 Å². The van der Waals surface area contributed by atoms with Crippen LogP contribution in [0.2, 0.25) is 0 Å². The first kappa shape index (κ1) is 16.3. The van der Waals surface area contributed by atoms with Gasteiger partial charge in [-0.15, -0.1) is 0 Å². The van der Waals surface area contributed by atoms with Gasteiger partial charge < -0.3 is 9.64 Å². The molecule has 0 N–H and O–H groups in total. The Bertz CT molecular complexity index is 526. The van der Waals surface area contributed by atoms with E-state index in [4.69, 9.17) is 4.74 Å². The van der Waals surface area contributed by atoms with E-state index in [0.29, 0.717) is 5.88 Å². The Labute approximate surface area is 146 Å². The third-order valence-electron chi connectivity index (χ3n) is 6.43. The first-order valence-electron chi connectivity index (χ1n) is 9.75. The lowest BCUT2D eigenvalue weighted by molar-refractivity contribution is 0.146. The van der Waals surface area contributed by atoms with Crippen molar-refractivity contribution in [2.75, 3.05) is 39.8 Å². The zero-order valence-electron chi connectivity index (χ0n) is 15.0. The van der Waals surface area contributed by atoms with Crippen molar-refractivity contribution in [3.63, 3.8) is 0 Å². The molecule has 2 aliphatic heterocycles. The fourth-order valence-electron chi connectivity index (χ4n) is 5.22. The summed E-state index contributed by atoms with van der Waals surface area (Å²) < 4.78 is 5.16. The Morgan fingerprint density at radius 3 is 2.71 bits per heavy atom. The largest absolute Gasteiger partial charge is 0.481 e. The number of nitrogens with zero attached hydrogens (tertiary/aromatic N) is 3. The molecule has 0 aromatic carbocycles. The second kappa shape index (κ2) is 7.40. The number of likely N-dealkylation sites (tertiary alicyclic amines) is 2. The third kappa shape index (κ3) is 3.60. The lowest BCUT2D eigenvalue weighted by Gasteiger charge is -2.35. The summed E-state index contributed by atoms with van der Waals surface area (Å²) >= 11 is 0. The zero-order valence-corrected chi connectivity index (χ0v) is 15.0. The predicted octanol–water partition coefficient (Wildman–Crippen LogP) is 3.03. The van der Waals surface area contributed by atoms with Crippen LogP contribution in [0.3, 0.4) is 0 Å². The van der Waals surface area contributed by atoms with Crippen LogP contribution in [0.1, 0.15) is 37.7 Å². The fourth-order valence-corrected chi connectivity index (χ4v) is 5.22. The van der Waals surface area contributed by atoms with E-state index < -0.39 is 0 Å². The van der Waals surface area contributed by atoms with Crippen LogP contribution in [-0.2, 0) is 6.54 Å². The maximum absolute atomic E-state index is 5.16. The third-order valence-corrected chi connectivity index (χ3v) is 6.43. The van der Waals surface area contributed by atoms with Gasteiger partial charge in [-0.3, -0.25) is 4.90 Å². The van der Waals surface area contributed by atoms with E-state index in [1.54, 1.807) is 7.11 Å². The first-order chi connectivity index (χ1) is 11.8. The van der Waals surface area contributed by atoms with Crippen molar-refractivity contribution < 1.29 is 4.74 Å². The molecule has 0 bridgehead atoms. The molecule has 1 aromatic rings. The van der Waals surface area contributed by atoms with Gasteiger partial charge in [-0.25, -0.2) is 4.98 Å². The van der Waals surface area contributed by atoms with Gasteiger partial charge >= 0.3 is 0 Å². The highest BCUT2D eigenvalue weighted by Gasteiger charge is 2.40. The van der Waals surface area contributed by atoms with Crippen LogP contribution < -0.4 is 4.74 Å². The van der Waals surface area contributed by atoms with E-state index in [2.05, 4.69) is 20.9 Å². The van der Waals surface area contributed by atoms with Crippen molar-refractivity contribution in [1.29, 1.82) is 0 Å². The van der Waals surface area contributed by atoms with Gasteiger partial charge in [-0.1, -0.05) is 12.5 Å². The summed E-state index contributed by atoms with van der Waals surface area (Å²) in [6.07, 6.45) is 9.14. The summed E-state index contributed by atoms with van der Waals surface area (Å²) in [7, 11) is 1.67. The molecule has 2 saturated heterocycles. The minimum absolute atomic E-state index is 0.708. The molecule has 0 unspecified atom stereocenters. The van der Waals surface area contributed by atoms with Crippen molar-refractivity contribution in [2.45, 2.75) is 38.6 Å². The molecule has 1 aliphatic carbocycles. The molecule has 4 nitrogen and oxygen atoms in total. The molecule has 4 rings (SSSR count). The molecule has 0 spiro atoms. The van der Waals surface area contributed by atoms with Crippen molar-refractivity contribution >= 4 is 0 Å². The van der Waals surface area contributed by atoms with Crippen LogP contribution in [0.5, 0.6) is 5.88 Å². The van der Waals surface area contributed by atoms with Gasteiger partial charge in [0.25, 0.3) is 0 Å². The number of aromatic nitrogens is 1. The number of hydrogen-bond donors (Lipinski definition) is 0. The topological polar surface area (TPSA) is 28.6 Å². The molecule has 3 fully saturated rings. The number of hydrogen-bond acceptors (Lipinski definition) is 4. The van der Waals surface area contributed by atoms with Crippen LogP contribution in [0.4, 0.5) is 0 Å². The normalized spacial score (nSPS) is 31.3. The summed E-state index contributed by atoms with van der Waals surface area (Å²) in [4.78, 5) is 9.75. The highest BCUT2D eigenvalue weighted by Crippen LogP contribution is 2.41. The van der Waals surface area contributed by atoms with Crippen LogP contribution in [-0.4, -0.2) is 54.6 Å². The van der Waals surface area contributed by atoms with E-state index in [9.17, 15) is 0 Å². The zero-order chi connectivity index (χ0) is 16.4. The van der Waals surface area contributed by atoms with Gasteiger partial charge in [0.05, 0.1) is 7.11 Å². The van der Waals surface area contributed by atoms with Crippen molar-refractivity contribution in [1.82, 2.24) is 14.8 Å². The SMILES string of the molecule is COc1ccc(CN2C[C@@H]3CCC[C@H](CN4CCCC4)[C@@H]3C2)cn1. The summed E-state index contributed by atoms with van der Waals surface area (Å²) in [5, 5.41) is 0. The lowest BCUT2D eigenvalue weighted by atomic mass is 9.73. The Morgan fingerprint density at radius 1 is 1.08 bits per heavy atom. The molecule has 132 valence electrons. The maximum atomic E-state index is 5.16. The number of methoxy groups -OCH3 is 1. The van der Waals surface area contributed by atoms with Crippen LogP contribution in [0.25, 0.3) is 0 Å².